The fourth-order valence-electron chi connectivity index (χ4n) is 1.28. The summed E-state index contributed by atoms with van der Waals surface area (Å²) in [6, 6.07) is 5.65. The van der Waals surface area contributed by atoms with E-state index in [1.54, 1.807) is 14.0 Å². The van der Waals surface area contributed by atoms with Crippen molar-refractivity contribution in [3.8, 4) is 5.75 Å². The average Bonchev–Trinajstić information content (AvgIpc) is 2.17. The lowest BCUT2D eigenvalue weighted by molar-refractivity contribution is 0.319. The first-order chi connectivity index (χ1) is 6.20. The van der Waals surface area contributed by atoms with Gasteiger partial charge in [-0.05, 0) is 19.9 Å². The summed E-state index contributed by atoms with van der Waals surface area (Å²) in [5.74, 6) is 0.806. The van der Waals surface area contributed by atoms with Crippen LogP contribution in [0.5, 0.6) is 5.75 Å². The molecule has 1 N–H and O–H groups in total. The Morgan fingerprint density at radius 1 is 1.46 bits per heavy atom. The maximum Gasteiger partial charge on any atom is 0.122 e. The number of methoxy groups -OCH3 is 1. The maximum atomic E-state index is 8.62. The lowest BCUT2D eigenvalue weighted by atomic mass is 10.0. The monoisotopic (exact) mass is 179 g/mol. The van der Waals surface area contributed by atoms with Crippen LogP contribution in [0.1, 0.15) is 18.1 Å². The fourth-order valence-corrected chi connectivity index (χ4v) is 1.28. The fraction of sp³-hybridized carbons (Fsp3) is 0.300. The van der Waals surface area contributed by atoms with E-state index >= 15 is 0 Å². The number of benzene rings is 1. The molecule has 0 bridgehead atoms. The van der Waals surface area contributed by atoms with Gasteiger partial charge in [0, 0.05) is 11.1 Å². The van der Waals surface area contributed by atoms with E-state index in [1.807, 2.05) is 25.1 Å². The largest absolute Gasteiger partial charge is 0.496 e. The normalized spacial score (nSPS) is 11.5. The molecule has 0 spiro atoms. The smallest absolute Gasteiger partial charge is 0.122 e. The van der Waals surface area contributed by atoms with Crippen molar-refractivity contribution in [2.24, 2.45) is 5.16 Å². The Kier molecular flexibility index (Phi) is 2.90. The molecule has 0 fully saturated rings. The zero-order valence-corrected chi connectivity index (χ0v) is 8.03. The van der Waals surface area contributed by atoms with Crippen molar-refractivity contribution in [3.05, 3.63) is 29.3 Å². The third-order valence-electron chi connectivity index (χ3n) is 2.04. The molecule has 3 heteroatoms. The summed E-state index contributed by atoms with van der Waals surface area (Å²) >= 11 is 0. The predicted octanol–water partition coefficient (Wildman–Crippen LogP) is 2.20. The second kappa shape index (κ2) is 3.94. The van der Waals surface area contributed by atoms with Crippen LogP contribution in [0.2, 0.25) is 0 Å². The predicted molar refractivity (Wildman–Crippen MR) is 51.7 cm³/mol. The zero-order valence-electron chi connectivity index (χ0n) is 8.03. The highest BCUT2D eigenvalue weighted by atomic mass is 16.5. The topological polar surface area (TPSA) is 41.8 Å². The Morgan fingerprint density at radius 3 is 2.69 bits per heavy atom. The van der Waals surface area contributed by atoms with E-state index in [9.17, 15) is 0 Å². The van der Waals surface area contributed by atoms with Gasteiger partial charge in [-0.1, -0.05) is 17.3 Å². The first-order valence-electron chi connectivity index (χ1n) is 4.03. The number of rotatable bonds is 2. The van der Waals surface area contributed by atoms with Crippen molar-refractivity contribution in [2.45, 2.75) is 13.8 Å². The number of hydrogen-bond donors (Lipinski definition) is 1. The van der Waals surface area contributed by atoms with Crippen molar-refractivity contribution in [2.75, 3.05) is 7.11 Å². The quantitative estimate of drug-likeness (QED) is 0.429. The van der Waals surface area contributed by atoms with Crippen molar-refractivity contribution < 1.29 is 9.94 Å². The molecular weight excluding hydrogens is 166 g/mol. The van der Waals surface area contributed by atoms with Gasteiger partial charge in [0.1, 0.15) is 5.75 Å². The minimum Gasteiger partial charge on any atom is -0.496 e. The summed E-state index contributed by atoms with van der Waals surface area (Å²) in [4.78, 5) is 0. The van der Waals surface area contributed by atoms with Gasteiger partial charge in [0.15, 0.2) is 0 Å². The van der Waals surface area contributed by atoms with E-state index in [4.69, 9.17) is 9.94 Å². The molecule has 0 saturated heterocycles. The molecule has 1 rings (SSSR count). The van der Waals surface area contributed by atoms with E-state index in [0.717, 1.165) is 16.9 Å². The maximum absolute atomic E-state index is 8.62. The number of hydrogen-bond acceptors (Lipinski definition) is 3. The van der Waals surface area contributed by atoms with Gasteiger partial charge in [-0.15, -0.1) is 0 Å². The Bertz CT molecular complexity index is 332. The standard InChI is InChI=1S/C10H13NO2/c1-7-9(8(2)11-12)5-4-6-10(7)13-3/h4-6,12H,1-3H3/b11-8+. The van der Waals surface area contributed by atoms with Crippen LogP contribution >= 0.6 is 0 Å². The minimum atomic E-state index is 0.594. The molecule has 0 amide bonds. The summed E-state index contributed by atoms with van der Waals surface area (Å²) in [6.07, 6.45) is 0. The van der Waals surface area contributed by atoms with Gasteiger partial charge in [-0.3, -0.25) is 0 Å². The van der Waals surface area contributed by atoms with Crippen molar-refractivity contribution in [3.63, 3.8) is 0 Å². The van der Waals surface area contributed by atoms with E-state index in [-0.39, 0.29) is 0 Å². The van der Waals surface area contributed by atoms with Crippen LogP contribution in [0.15, 0.2) is 23.4 Å². The van der Waals surface area contributed by atoms with E-state index in [1.165, 1.54) is 0 Å². The van der Waals surface area contributed by atoms with Gasteiger partial charge in [-0.25, -0.2) is 0 Å². The Balaban J connectivity index is 3.23. The molecule has 0 unspecified atom stereocenters. The first-order valence-corrected chi connectivity index (χ1v) is 4.03. The van der Waals surface area contributed by atoms with Crippen LogP contribution < -0.4 is 4.74 Å². The van der Waals surface area contributed by atoms with Crippen molar-refractivity contribution in [1.29, 1.82) is 0 Å². The van der Waals surface area contributed by atoms with Gasteiger partial charge in [0.25, 0.3) is 0 Å². The van der Waals surface area contributed by atoms with E-state index < -0.39 is 0 Å². The SMILES string of the molecule is COc1cccc(/C(C)=N/O)c1C. The Morgan fingerprint density at radius 2 is 2.15 bits per heavy atom. The van der Waals surface area contributed by atoms with Crippen molar-refractivity contribution in [1.82, 2.24) is 0 Å². The molecule has 0 aliphatic rings. The van der Waals surface area contributed by atoms with Gasteiger partial charge in [0.2, 0.25) is 0 Å². The van der Waals surface area contributed by atoms with E-state index in [2.05, 4.69) is 5.16 Å². The molecule has 0 atom stereocenters. The highest BCUT2D eigenvalue weighted by Gasteiger charge is 2.06. The van der Waals surface area contributed by atoms with Crippen LogP contribution in [-0.4, -0.2) is 18.0 Å². The van der Waals surface area contributed by atoms with Crippen LogP contribution in [0.4, 0.5) is 0 Å². The molecule has 1 aromatic rings. The van der Waals surface area contributed by atoms with Gasteiger partial charge in [0.05, 0.1) is 12.8 Å². The number of ether oxygens (including phenoxy) is 1. The molecule has 70 valence electrons. The molecule has 0 radical (unpaired) electrons. The summed E-state index contributed by atoms with van der Waals surface area (Å²) in [5.41, 5.74) is 2.48. The highest BCUT2D eigenvalue weighted by Crippen LogP contribution is 2.21. The lowest BCUT2D eigenvalue weighted by Gasteiger charge is -2.08. The molecule has 0 aliphatic heterocycles. The summed E-state index contributed by atoms with van der Waals surface area (Å²) in [5, 5.41) is 11.8. The average molecular weight is 179 g/mol. The lowest BCUT2D eigenvalue weighted by Crippen LogP contribution is -1.99. The summed E-state index contributed by atoms with van der Waals surface area (Å²) in [6.45, 7) is 3.69. The molecule has 13 heavy (non-hydrogen) atoms. The number of oxime groups is 1. The van der Waals surface area contributed by atoms with Crippen molar-refractivity contribution >= 4 is 5.71 Å². The molecule has 1 aromatic carbocycles. The van der Waals surface area contributed by atoms with Crippen LogP contribution in [0.25, 0.3) is 0 Å². The Hall–Kier alpha value is -1.51. The third kappa shape index (κ3) is 1.80. The minimum absolute atomic E-state index is 0.594. The molecule has 0 aromatic heterocycles. The molecule has 3 nitrogen and oxygen atoms in total. The van der Waals surface area contributed by atoms with Gasteiger partial charge in [-0.2, -0.15) is 0 Å². The Labute approximate surface area is 77.6 Å². The van der Waals surface area contributed by atoms with Crippen LogP contribution in [0, 0.1) is 6.92 Å². The zero-order chi connectivity index (χ0) is 9.84. The summed E-state index contributed by atoms with van der Waals surface area (Å²) < 4.78 is 5.14. The molecule has 0 saturated carbocycles. The second-order valence-electron chi connectivity index (χ2n) is 2.82. The van der Waals surface area contributed by atoms with Gasteiger partial charge >= 0.3 is 0 Å². The van der Waals surface area contributed by atoms with E-state index in [0.29, 0.717) is 5.71 Å². The summed E-state index contributed by atoms with van der Waals surface area (Å²) in [7, 11) is 1.62. The molecule has 0 heterocycles. The third-order valence-corrected chi connectivity index (χ3v) is 2.04. The second-order valence-corrected chi connectivity index (χ2v) is 2.82. The first kappa shape index (κ1) is 9.58. The number of nitrogens with zero attached hydrogens (tertiary/aromatic N) is 1. The highest BCUT2D eigenvalue weighted by molar-refractivity contribution is 6.00. The molecule has 0 aliphatic carbocycles. The van der Waals surface area contributed by atoms with Crippen LogP contribution in [0.3, 0.4) is 0 Å². The van der Waals surface area contributed by atoms with Gasteiger partial charge < -0.3 is 9.94 Å². The van der Waals surface area contributed by atoms with Crippen LogP contribution in [-0.2, 0) is 0 Å². The molecular formula is C10H13NO2.